The molecule has 7 heteroatoms. The first-order valence-corrected chi connectivity index (χ1v) is 10.2. The molecule has 27 heavy (non-hydrogen) atoms. The van der Waals surface area contributed by atoms with Crippen LogP contribution in [0.3, 0.4) is 0 Å². The van der Waals surface area contributed by atoms with E-state index in [0.29, 0.717) is 6.54 Å². The molecule has 1 saturated heterocycles. The van der Waals surface area contributed by atoms with Crippen LogP contribution in [0.15, 0.2) is 35.3 Å². The van der Waals surface area contributed by atoms with Crippen molar-refractivity contribution in [1.82, 2.24) is 20.1 Å². The van der Waals surface area contributed by atoms with E-state index in [1.165, 1.54) is 10.4 Å². The monoisotopic (exact) mass is 499 g/mol. The average molecular weight is 499 g/mol. The Morgan fingerprint density at radius 1 is 1.15 bits per heavy atom. The molecule has 2 aromatic rings. The van der Waals surface area contributed by atoms with Gasteiger partial charge in [-0.25, -0.2) is 9.98 Å². The fourth-order valence-corrected chi connectivity index (χ4v) is 3.99. The third kappa shape index (κ3) is 6.43. The number of nitrogens with zero attached hydrogens (tertiary/aromatic N) is 4. The molecule has 0 amide bonds. The molecule has 0 radical (unpaired) electrons. The summed E-state index contributed by atoms with van der Waals surface area (Å²) < 4.78 is 0. The molecule has 0 spiro atoms. The van der Waals surface area contributed by atoms with Crippen molar-refractivity contribution < 1.29 is 0 Å². The molecule has 3 rings (SSSR count). The number of rotatable bonds is 5. The number of nitrogens with one attached hydrogen (secondary N) is 1. The Labute approximate surface area is 183 Å². The smallest absolute Gasteiger partial charge is 0.194 e. The van der Waals surface area contributed by atoms with Crippen LogP contribution < -0.4 is 5.32 Å². The van der Waals surface area contributed by atoms with Crippen molar-refractivity contribution >= 4 is 41.3 Å². The van der Waals surface area contributed by atoms with E-state index >= 15 is 0 Å². The number of aliphatic imine (C=N–C) groups is 1. The fraction of sp³-hybridized carbons (Fsp3) is 0.500. The number of halogens is 1. The summed E-state index contributed by atoms with van der Waals surface area (Å²) in [7, 11) is 0. The number of thiazole rings is 1. The van der Waals surface area contributed by atoms with Gasteiger partial charge in [0, 0.05) is 44.1 Å². The molecule has 5 nitrogen and oxygen atoms in total. The normalized spacial score (nSPS) is 15.5. The molecule has 0 atom stereocenters. The van der Waals surface area contributed by atoms with Gasteiger partial charge in [-0.15, -0.1) is 35.3 Å². The molecule has 1 aliphatic rings. The maximum Gasteiger partial charge on any atom is 0.194 e. The van der Waals surface area contributed by atoms with Gasteiger partial charge in [0.2, 0.25) is 0 Å². The summed E-state index contributed by atoms with van der Waals surface area (Å²) in [6.45, 7) is 13.0. The standard InChI is InChI=1S/C20H29N5S.HI/c1-4-21-20(22-14-19-23-16(2)17(3)26-19)25-12-10-24(11-13-25)15-18-8-6-5-7-9-18;/h5-9H,4,10-15H2,1-3H3,(H,21,22);1H. The maximum absolute atomic E-state index is 4.83. The highest BCUT2D eigenvalue weighted by Gasteiger charge is 2.19. The van der Waals surface area contributed by atoms with E-state index in [0.717, 1.165) is 55.9 Å². The molecule has 0 bridgehead atoms. The van der Waals surface area contributed by atoms with Crippen LogP contribution in [0.2, 0.25) is 0 Å². The molecule has 2 heterocycles. The Balaban J connectivity index is 0.00000261. The van der Waals surface area contributed by atoms with Gasteiger partial charge < -0.3 is 10.2 Å². The van der Waals surface area contributed by atoms with Crippen molar-refractivity contribution in [2.45, 2.75) is 33.9 Å². The summed E-state index contributed by atoms with van der Waals surface area (Å²) in [6.07, 6.45) is 0. The lowest BCUT2D eigenvalue weighted by molar-refractivity contribution is 0.172. The van der Waals surface area contributed by atoms with E-state index < -0.39 is 0 Å². The minimum Gasteiger partial charge on any atom is -0.357 e. The van der Waals surface area contributed by atoms with Gasteiger partial charge in [0.15, 0.2) is 5.96 Å². The second-order valence-electron chi connectivity index (χ2n) is 6.67. The van der Waals surface area contributed by atoms with Gasteiger partial charge in [-0.1, -0.05) is 30.3 Å². The largest absolute Gasteiger partial charge is 0.357 e. The Hall–Kier alpha value is -1.19. The Morgan fingerprint density at radius 2 is 1.85 bits per heavy atom. The third-order valence-corrected chi connectivity index (χ3v) is 5.75. The first kappa shape index (κ1) is 22.1. The summed E-state index contributed by atoms with van der Waals surface area (Å²) >= 11 is 1.75. The van der Waals surface area contributed by atoms with Crippen molar-refractivity contribution in [2.24, 2.45) is 4.99 Å². The van der Waals surface area contributed by atoms with Crippen LogP contribution in [-0.2, 0) is 13.1 Å². The fourth-order valence-electron chi connectivity index (χ4n) is 3.13. The molecular weight excluding hydrogens is 469 g/mol. The second-order valence-corrected chi connectivity index (χ2v) is 7.96. The average Bonchev–Trinajstić information content (AvgIpc) is 2.98. The molecule has 1 aromatic heterocycles. The van der Waals surface area contributed by atoms with Gasteiger partial charge in [0.05, 0.1) is 12.2 Å². The summed E-state index contributed by atoms with van der Waals surface area (Å²) in [5.74, 6) is 1.01. The zero-order chi connectivity index (χ0) is 18.4. The highest BCUT2D eigenvalue weighted by Crippen LogP contribution is 2.17. The quantitative estimate of drug-likeness (QED) is 0.388. The molecule has 1 aliphatic heterocycles. The van der Waals surface area contributed by atoms with Gasteiger partial charge in [0.1, 0.15) is 5.01 Å². The summed E-state index contributed by atoms with van der Waals surface area (Å²) in [6, 6.07) is 10.7. The van der Waals surface area contributed by atoms with Crippen LogP contribution in [0.5, 0.6) is 0 Å². The van der Waals surface area contributed by atoms with E-state index in [-0.39, 0.29) is 24.0 Å². The third-order valence-electron chi connectivity index (χ3n) is 4.69. The van der Waals surface area contributed by atoms with Crippen molar-refractivity contribution in [3.63, 3.8) is 0 Å². The van der Waals surface area contributed by atoms with Crippen molar-refractivity contribution in [3.05, 3.63) is 51.5 Å². The first-order chi connectivity index (χ1) is 12.7. The zero-order valence-electron chi connectivity index (χ0n) is 16.4. The van der Waals surface area contributed by atoms with E-state index in [4.69, 9.17) is 4.99 Å². The number of guanidine groups is 1. The maximum atomic E-state index is 4.83. The van der Waals surface area contributed by atoms with Gasteiger partial charge in [0.25, 0.3) is 0 Å². The lowest BCUT2D eigenvalue weighted by Crippen LogP contribution is -2.52. The Morgan fingerprint density at radius 3 is 2.44 bits per heavy atom. The number of hydrogen-bond donors (Lipinski definition) is 1. The molecular formula is C20H30IN5S. The topological polar surface area (TPSA) is 43.8 Å². The minimum absolute atomic E-state index is 0. The predicted molar refractivity (Wildman–Crippen MR) is 125 cm³/mol. The van der Waals surface area contributed by atoms with Crippen LogP contribution in [-0.4, -0.2) is 53.5 Å². The minimum atomic E-state index is 0. The number of benzene rings is 1. The number of aromatic nitrogens is 1. The molecule has 1 fully saturated rings. The van der Waals surface area contributed by atoms with Gasteiger partial charge in [-0.2, -0.15) is 0 Å². The Kier molecular flexibility index (Phi) is 8.98. The molecule has 0 unspecified atom stereocenters. The van der Waals surface area contributed by atoms with E-state index in [2.05, 4.69) is 71.2 Å². The van der Waals surface area contributed by atoms with Crippen LogP contribution in [0.4, 0.5) is 0 Å². The highest BCUT2D eigenvalue weighted by molar-refractivity contribution is 14.0. The van der Waals surface area contributed by atoms with Gasteiger partial charge >= 0.3 is 0 Å². The molecule has 0 aliphatic carbocycles. The Bertz CT molecular complexity index is 704. The van der Waals surface area contributed by atoms with Crippen LogP contribution >= 0.6 is 35.3 Å². The zero-order valence-corrected chi connectivity index (χ0v) is 19.6. The highest BCUT2D eigenvalue weighted by atomic mass is 127. The van der Waals surface area contributed by atoms with Crippen LogP contribution in [0, 0.1) is 13.8 Å². The molecule has 1 aromatic carbocycles. The lowest BCUT2D eigenvalue weighted by Gasteiger charge is -2.36. The number of aryl methyl sites for hydroxylation is 2. The summed E-state index contributed by atoms with van der Waals surface area (Å²) in [5.41, 5.74) is 2.51. The van der Waals surface area contributed by atoms with Crippen LogP contribution in [0.1, 0.15) is 28.1 Å². The second kappa shape index (κ2) is 11.0. The van der Waals surface area contributed by atoms with Crippen molar-refractivity contribution in [1.29, 1.82) is 0 Å². The number of hydrogen-bond acceptors (Lipinski definition) is 4. The van der Waals surface area contributed by atoms with E-state index in [1.807, 2.05) is 0 Å². The molecule has 0 saturated carbocycles. The SMILES string of the molecule is CCNC(=NCc1nc(C)c(C)s1)N1CCN(Cc2ccccc2)CC1.I. The van der Waals surface area contributed by atoms with Crippen molar-refractivity contribution in [3.8, 4) is 0 Å². The van der Waals surface area contributed by atoms with Gasteiger partial charge in [-0.3, -0.25) is 4.90 Å². The molecule has 1 N–H and O–H groups in total. The lowest BCUT2D eigenvalue weighted by atomic mass is 10.2. The van der Waals surface area contributed by atoms with Gasteiger partial charge in [-0.05, 0) is 26.3 Å². The summed E-state index contributed by atoms with van der Waals surface area (Å²) in [4.78, 5) is 15.6. The number of piperazine rings is 1. The van der Waals surface area contributed by atoms with Crippen LogP contribution in [0.25, 0.3) is 0 Å². The van der Waals surface area contributed by atoms with E-state index in [9.17, 15) is 0 Å². The summed E-state index contributed by atoms with van der Waals surface area (Å²) in [5, 5.41) is 4.54. The molecule has 148 valence electrons. The van der Waals surface area contributed by atoms with E-state index in [1.54, 1.807) is 11.3 Å². The van der Waals surface area contributed by atoms with Crippen molar-refractivity contribution in [2.75, 3.05) is 32.7 Å². The predicted octanol–water partition coefficient (Wildman–Crippen LogP) is 3.66. The first-order valence-electron chi connectivity index (χ1n) is 9.38.